The Morgan fingerprint density at radius 2 is 2.25 bits per heavy atom. The van der Waals surface area contributed by atoms with Gasteiger partial charge in [-0.05, 0) is 26.3 Å². The van der Waals surface area contributed by atoms with E-state index >= 15 is 0 Å². The van der Waals surface area contributed by atoms with E-state index in [0.717, 1.165) is 48.7 Å². The van der Waals surface area contributed by atoms with Crippen molar-refractivity contribution in [1.82, 2.24) is 29.7 Å². The predicted molar refractivity (Wildman–Crippen MR) is 89.9 cm³/mol. The quantitative estimate of drug-likeness (QED) is 0.900. The summed E-state index contributed by atoms with van der Waals surface area (Å²) in [4.78, 5) is 27.1. The van der Waals surface area contributed by atoms with Crippen LogP contribution in [0.2, 0.25) is 0 Å². The van der Waals surface area contributed by atoms with Crippen molar-refractivity contribution < 1.29 is 4.79 Å². The lowest BCUT2D eigenvalue weighted by molar-refractivity contribution is -0.119. The van der Waals surface area contributed by atoms with Crippen molar-refractivity contribution in [1.29, 1.82) is 0 Å². The number of nitrogens with zero attached hydrogens (tertiary/aromatic N) is 5. The minimum atomic E-state index is -0.0433. The average Bonchev–Trinajstić information content (AvgIpc) is 3.15. The van der Waals surface area contributed by atoms with Crippen molar-refractivity contribution in [2.45, 2.75) is 45.8 Å². The molecule has 1 N–H and O–H groups in total. The maximum atomic E-state index is 11.3. The zero-order valence-electron chi connectivity index (χ0n) is 14.5. The lowest BCUT2D eigenvalue weighted by Crippen LogP contribution is -2.27. The lowest BCUT2D eigenvalue weighted by Gasteiger charge is -2.25. The molecule has 0 spiro atoms. The smallest absolute Gasteiger partial charge is 0.217 e. The van der Waals surface area contributed by atoms with E-state index in [4.69, 9.17) is 4.98 Å². The van der Waals surface area contributed by atoms with Crippen LogP contribution < -0.4 is 5.32 Å². The predicted octanol–water partition coefficient (Wildman–Crippen LogP) is 1.49. The average molecular weight is 328 g/mol. The molecule has 7 nitrogen and oxygen atoms in total. The van der Waals surface area contributed by atoms with Gasteiger partial charge in [0.05, 0.1) is 23.8 Å². The molecule has 1 amide bonds. The van der Waals surface area contributed by atoms with Crippen LogP contribution in [0.5, 0.6) is 0 Å². The van der Waals surface area contributed by atoms with E-state index in [1.165, 1.54) is 6.92 Å². The largest absolute Gasteiger partial charge is 0.352 e. The van der Waals surface area contributed by atoms with E-state index in [1.54, 1.807) is 0 Å². The fraction of sp³-hybridized carbons (Fsp3) is 0.529. The highest BCUT2D eigenvalue weighted by atomic mass is 16.1. The van der Waals surface area contributed by atoms with Gasteiger partial charge in [-0.15, -0.1) is 0 Å². The van der Waals surface area contributed by atoms with Crippen molar-refractivity contribution in [3.63, 3.8) is 0 Å². The van der Waals surface area contributed by atoms with Gasteiger partial charge in [0, 0.05) is 45.0 Å². The first-order chi connectivity index (χ1) is 11.5. The van der Waals surface area contributed by atoms with Crippen LogP contribution in [0.3, 0.4) is 0 Å². The third-order valence-electron chi connectivity index (χ3n) is 4.35. The number of amides is 1. The van der Waals surface area contributed by atoms with Crippen LogP contribution in [0.4, 0.5) is 0 Å². The lowest BCUT2D eigenvalue weighted by atomic mass is 10.1. The Hall–Kier alpha value is -2.28. The third kappa shape index (κ3) is 3.79. The number of rotatable bonds is 5. The monoisotopic (exact) mass is 328 g/mol. The number of aryl methyl sites for hydroxylation is 2. The van der Waals surface area contributed by atoms with Gasteiger partial charge in [0.25, 0.3) is 0 Å². The molecule has 7 heteroatoms. The molecule has 1 saturated heterocycles. The van der Waals surface area contributed by atoms with Gasteiger partial charge in [-0.25, -0.2) is 15.0 Å². The van der Waals surface area contributed by atoms with Gasteiger partial charge in [0.2, 0.25) is 5.91 Å². The Kier molecular flexibility index (Phi) is 4.89. The molecular weight excluding hydrogens is 304 g/mol. The Bertz CT molecular complexity index is 726. The van der Waals surface area contributed by atoms with Crippen LogP contribution in [0, 0.1) is 6.92 Å². The van der Waals surface area contributed by atoms with E-state index < -0.39 is 0 Å². The van der Waals surface area contributed by atoms with Gasteiger partial charge in [-0.1, -0.05) is 0 Å². The topological polar surface area (TPSA) is 75.9 Å². The van der Waals surface area contributed by atoms with Gasteiger partial charge in [0.1, 0.15) is 5.82 Å². The van der Waals surface area contributed by atoms with Gasteiger partial charge >= 0.3 is 0 Å². The second-order valence-electron chi connectivity index (χ2n) is 6.40. The van der Waals surface area contributed by atoms with Gasteiger partial charge < -0.3 is 9.88 Å². The first kappa shape index (κ1) is 16.6. The number of imidazole rings is 1. The summed E-state index contributed by atoms with van der Waals surface area (Å²) >= 11 is 0. The first-order valence-electron chi connectivity index (χ1n) is 8.30. The Morgan fingerprint density at radius 1 is 1.42 bits per heavy atom. The van der Waals surface area contributed by atoms with Crippen LogP contribution in [0.1, 0.15) is 48.6 Å². The molecule has 3 heterocycles. The van der Waals surface area contributed by atoms with E-state index in [2.05, 4.69) is 26.4 Å². The van der Waals surface area contributed by atoms with Gasteiger partial charge in [0.15, 0.2) is 0 Å². The summed E-state index contributed by atoms with van der Waals surface area (Å²) in [6.07, 6.45) is 7.93. The molecule has 24 heavy (non-hydrogen) atoms. The summed E-state index contributed by atoms with van der Waals surface area (Å²) < 4.78 is 1.97. The number of carbonyl (C=O) groups excluding carboxylic acids is 1. The maximum absolute atomic E-state index is 11.3. The molecule has 2 aromatic rings. The number of carbonyl (C=O) groups is 1. The van der Waals surface area contributed by atoms with Crippen LogP contribution in [-0.4, -0.2) is 36.9 Å². The van der Waals surface area contributed by atoms with Crippen molar-refractivity contribution in [2.24, 2.45) is 7.05 Å². The first-order valence-corrected chi connectivity index (χ1v) is 8.30. The fourth-order valence-corrected chi connectivity index (χ4v) is 3.24. The van der Waals surface area contributed by atoms with Crippen molar-refractivity contribution in [3.8, 4) is 0 Å². The summed E-state index contributed by atoms with van der Waals surface area (Å²) in [6, 6.07) is 0.248. The Morgan fingerprint density at radius 3 is 2.96 bits per heavy atom. The Balaban J connectivity index is 1.82. The van der Waals surface area contributed by atoms with Crippen molar-refractivity contribution in [3.05, 3.63) is 41.5 Å². The van der Waals surface area contributed by atoms with E-state index in [0.29, 0.717) is 6.54 Å². The summed E-state index contributed by atoms with van der Waals surface area (Å²) in [6.45, 7) is 5.75. The molecule has 1 aliphatic rings. The minimum absolute atomic E-state index is 0.0433. The standard InChI is InChI=1S/C17H24N6O/c1-12-18-7-14(8-19-13(2)24)17(21-12)16-5-4-6-23(16)10-15-9-22(3)11-20-15/h7,9,11,16H,4-6,8,10H2,1-3H3,(H,19,24)/t16-/m1/s1. The summed E-state index contributed by atoms with van der Waals surface area (Å²) in [5.74, 6) is 0.722. The normalized spacial score (nSPS) is 18.0. The number of hydrogen-bond acceptors (Lipinski definition) is 5. The van der Waals surface area contributed by atoms with E-state index in [-0.39, 0.29) is 11.9 Å². The summed E-state index contributed by atoms with van der Waals surface area (Å²) in [5.41, 5.74) is 3.09. The van der Waals surface area contributed by atoms with Crippen LogP contribution in [0.15, 0.2) is 18.7 Å². The van der Waals surface area contributed by atoms with Crippen LogP contribution in [0.25, 0.3) is 0 Å². The fourth-order valence-electron chi connectivity index (χ4n) is 3.24. The second-order valence-corrected chi connectivity index (χ2v) is 6.40. The van der Waals surface area contributed by atoms with Crippen molar-refractivity contribution in [2.75, 3.05) is 6.54 Å². The molecule has 0 bridgehead atoms. The van der Waals surface area contributed by atoms with Crippen LogP contribution in [-0.2, 0) is 24.9 Å². The number of hydrogen-bond donors (Lipinski definition) is 1. The number of aromatic nitrogens is 4. The molecule has 1 aliphatic heterocycles. The molecule has 0 unspecified atom stereocenters. The molecule has 2 aromatic heterocycles. The molecule has 1 atom stereocenters. The van der Waals surface area contributed by atoms with Crippen molar-refractivity contribution >= 4 is 5.91 Å². The van der Waals surface area contributed by atoms with Crippen LogP contribution >= 0.6 is 0 Å². The van der Waals surface area contributed by atoms with Gasteiger partial charge in [-0.2, -0.15) is 0 Å². The molecule has 128 valence electrons. The molecular formula is C17H24N6O. The van der Waals surface area contributed by atoms with E-state index in [1.807, 2.05) is 31.1 Å². The molecule has 0 saturated carbocycles. The van der Waals surface area contributed by atoms with Gasteiger partial charge in [-0.3, -0.25) is 9.69 Å². The van der Waals surface area contributed by atoms with E-state index in [9.17, 15) is 4.79 Å². The summed E-state index contributed by atoms with van der Waals surface area (Å²) in [7, 11) is 1.98. The zero-order chi connectivity index (χ0) is 17.1. The third-order valence-corrected chi connectivity index (χ3v) is 4.35. The molecule has 3 rings (SSSR count). The minimum Gasteiger partial charge on any atom is -0.352 e. The highest BCUT2D eigenvalue weighted by Gasteiger charge is 2.29. The number of likely N-dealkylation sites (tertiary alicyclic amines) is 1. The Labute approximate surface area is 142 Å². The summed E-state index contributed by atoms with van der Waals surface area (Å²) in [5, 5.41) is 2.86. The SMILES string of the molecule is CC(=O)NCc1cnc(C)nc1[C@H]1CCCN1Cc1cn(C)cn1. The second kappa shape index (κ2) is 7.09. The molecule has 0 radical (unpaired) electrons. The maximum Gasteiger partial charge on any atom is 0.217 e. The number of nitrogens with one attached hydrogen (secondary N) is 1. The molecule has 0 aromatic carbocycles. The molecule has 1 fully saturated rings. The highest BCUT2D eigenvalue weighted by molar-refractivity contribution is 5.72. The highest BCUT2D eigenvalue weighted by Crippen LogP contribution is 2.33. The zero-order valence-corrected chi connectivity index (χ0v) is 14.5. The molecule has 0 aliphatic carbocycles.